The molecule has 6 nitrogen and oxygen atoms in total. The minimum Gasteiger partial charge on any atom is -0.347 e. The van der Waals surface area contributed by atoms with E-state index in [1.54, 1.807) is 0 Å². The molecule has 0 radical (unpaired) electrons. The molecule has 2 amide bonds. The molecule has 106 valence electrons. The van der Waals surface area contributed by atoms with Crippen molar-refractivity contribution in [2.75, 3.05) is 6.54 Å². The van der Waals surface area contributed by atoms with Crippen molar-refractivity contribution in [3.8, 4) is 0 Å². The van der Waals surface area contributed by atoms with Crippen molar-refractivity contribution in [3.63, 3.8) is 0 Å². The summed E-state index contributed by atoms with van der Waals surface area (Å²) in [5.74, 6) is 0.140. The zero-order valence-electron chi connectivity index (χ0n) is 11.2. The van der Waals surface area contributed by atoms with Crippen LogP contribution in [0.25, 0.3) is 0 Å². The lowest BCUT2D eigenvalue weighted by atomic mass is 9.84. The Morgan fingerprint density at radius 2 is 2.11 bits per heavy atom. The maximum absolute atomic E-state index is 12.1. The van der Waals surface area contributed by atoms with E-state index in [0.29, 0.717) is 31.0 Å². The van der Waals surface area contributed by atoms with Crippen LogP contribution in [0.4, 0.5) is 0 Å². The fourth-order valence-corrected chi connectivity index (χ4v) is 2.80. The van der Waals surface area contributed by atoms with Crippen molar-refractivity contribution < 1.29 is 9.59 Å². The van der Waals surface area contributed by atoms with Crippen LogP contribution in [-0.2, 0) is 9.59 Å². The molecule has 1 heterocycles. The maximum atomic E-state index is 12.1. The maximum Gasteiger partial charge on any atom is 0.267 e. The number of nitrogens with zero attached hydrogens (tertiary/aromatic N) is 1. The van der Waals surface area contributed by atoms with E-state index < -0.39 is 0 Å². The summed E-state index contributed by atoms with van der Waals surface area (Å²) in [6, 6.07) is 0.0214. The molecule has 1 saturated carbocycles. The van der Waals surface area contributed by atoms with Crippen LogP contribution in [-0.4, -0.2) is 30.1 Å². The highest BCUT2D eigenvalue weighted by Gasteiger charge is 2.26. The molecule has 0 aromatic heterocycles. The fourth-order valence-electron chi connectivity index (χ4n) is 2.80. The Morgan fingerprint density at radius 3 is 2.68 bits per heavy atom. The average molecular weight is 266 g/mol. The van der Waals surface area contributed by atoms with Crippen LogP contribution in [0, 0.1) is 5.92 Å². The third-order valence-corrected chi connectivity index (χ3v) is 3.96. The van der Waals surface area contributed by atoms with Gasteiger partial charge in [0, 0.05) is 25.4 Å². The summed E-state index contributed by atoms with van der Waals surface area (Å²) in [5.41, 5.74) is 8.52. The van der Waals surface area contributed by atoms with Crippen molar-refractivity contribution in [1.82, 2.24) is 10.7 Å². The van der Waals surface area contributed by atoms with Gasteiger partial charge >= 0.3 is 0 Å². The quantitative estimate of drug-likeness (QED) is 0.681. The lowest BCUT2D eigenvalue weighted by Crippen LogP contribution is -2.49. The van der Waals surface area contributed by atoms with Gasteiger partial charge in [-0.05, 0) is 18.8 Å². The van der Waals surface area contributed by atoms with E-state index in [1.165, 1.54) is 19.3 Å². The first-order valence-electron chi connectivity index (χ1n) is 7.07. The summed E-state index contributed by atoms with van der Waals surface area (Å²) >= 11 is 0. The summed E-state index contributed by atoms with van der Waals surface area (Å²) in [4.78, 5) is 23.1. The molecule has 0 aromatic rings. The molecule has 1 aliphatic heterocycles. The largest absolute Gasteiger partial charge is 0.347 e. The Hall–Kier alpha value is -1.43. The Bertz CT molecular complexity index is 375. The van der Waals surface area contributed by atoms with E-state index in [-0.39, 0.29) is 17.9 Å². The number of rotatable bonds is 4. The number of hydrogen-bond acceptors (Lipinski definition) is 4. The van der Waals surface area contributed by atoms with E-state index in [9.17, 15) is 9.59 Å². The average Bonchev–Trinajstić information content (AvgIpc) is 2.46. The van der Waals surface area contributed by atoms with Crippen molar-refractivity contribution in [3.05, 3.63) is 0 Å². The molecule has 1 atom stereocenters. The zero-order chi connectivity index (χ0) is 13.7. The number of amides is 2. The predicted molar refractivity (Wildman–Crippen MR) is 72.4 cm³/mol. The van der Waals surface area contributed by atoms with Crippen LogP contribution in [0.2, 0.25) is 0 Å². The lowest BCUT2D eigenvalue weighted by Gasteiger charge is -2.30. The topological polar surface area (TPSA) is 96.6 Å². The number of nitrogens with two attached hydrogens (primary N) is 1. The summed E-state index contributed by atoms with van der Waals surface area (Å²) < 4.78 is 0. The van der Waals surface area contributed by atoms with Gasteiger partial charge in [0.15, 0.2) is 0 Å². The van der Waals surface area contributed by atoms with Gasteiger partial charge in [0.05, 0.1) is 0 Å². The van der Waals surface area contributed by atoms with E-state index in [0.717, 1.165) is 12.8 Å². The van der Waals surface area contributed by atoms with Crippen LogP contribution < -0.4 is 16.5 Å². The molecular formula is C13H22N4O2. The van der Waals surface area contributed by atoms with Crippen molar-refractivity contribution in [2.24, 2.45) is 16.8 Å². The highest BCUT2D eigenvalue weighted by Crippen LogP contribution is 2.26. The van der Waals surface area contributed by atoms with Crippen molar-refractivity contribution in [1.29, 1.82) is 0 Å². The molecule has 0 aromatic carbocycles. The summed E-state index contributed by atoms with van der Waals surface area (Å²) in [6.45, 7) is 0.454. The first-order valence-corrected chi connectivity index (χ1v) is 7.07. The summed E-state index contributed by atoms with van der Waals surface area (Å²) in [6.07, 6.45) is 6.70. The molecule has 1 fully saturated rings. The summed E-state index contributed by atoms with van der Waals surface area (Å²) in [5, 5.41) is 6.78. The molecule has 6 heteroatoms. The van der Waals surface area contributed by atoms with Gasteiger partial charge < -0.3 is 11.1 Å². The molecule has 4 N–H and O–H groups in total. The van der Waals surface area contributed by atoms with E-state index in [1.807, 2.05) is 0 Å². The molecule has 2 aliphatic rings. The minimum absolute atomic E-state index is 0.0214. The van der Waals surface area contributed by atoms with Gasteiger partial charge in [-0.1, -0.05) is 19.3 Å². The lowest BCUT2D eigenvalue weighted by molar-refractivity contribution is -0.121. The third-order valence-electron chi connectivity index (χ3n) is 3.96. The Balaban J connectivity index is 1.90. The molecular weight excluding hydrogens is 244 g/mol. The molecule has 0 bridgehead atoms. The highest BCUT2D eigenvalue weighted by atomic mass is 16.2. The Morgan fingerprint density at radius 1 is 1.37 bits per heavy atom. The molecule has 1 aliphatic carbocycles. The SMILES string of the molecule is NCC(NC(=O)C1=NNC(=O)CC1)C1CCCCC1. The number of carbonyl (C=O) groups excluding carboxylic acids is 2. The second-order valence-electron chi connectivity index (χ2n) is 5.31. The van der Waals surface area contributed by atoms with Crippen molar-refractivity contribution >= 4 is 17.5 Å². The van der Waals surface area contributed by atoms with E-state index in [2.05, 4.69) is 15.8 Å². The van der Waals surface area contributed by atoms with Crippen LogP contribution in [0.1, 0.15) is 44.9 Å². The second kappa shape index (κ2) is 6.65. The Labute approximate surface area is 113 Å². The molecule has 0 spiro atoms. The van der Waals surface area contributed by atoms with Crippen LogP contribution >= 0.6 is 0 Å². The summed E-state index contributed by atoms with van der Waals surface area (Å²) in [7, 11) is 0. The van der Waals surface area contributed by atoms with Gasteiger partial charge in [-0.2, -0.15) is 5.10 Å². The monoisotopic (exact) mass is 266 g/mol. The van der Waals surface area contributed by atoms with Gasteiger partial charge in [-0.15, -0.1) is 0 Å². The molecule has 19 heavy (non-hydrogen) atoms. The first kappa shape index (κ1) is 14.0. The van der Waals surface area contributed by atoms with Crippen LogP contribution in [0.15, 0.2) is 5.10 Å². The van der Waals surface area contributed by atoms with Gasteiger partial charge in [0.25, 0.3) is 5.91 Å². The second-order valence-corrected chi connectivity index (χ2v) is 5.31. The van der Waals surface area contributed by atoms with Gasteiger partial charge in [0.1, 0.15) is 5.71 Å². The number of carbonyl (C=O) groups is 2. The van der Waals surface area contributed by atoms with Crippen LogP contribution in [0.5, 0.6) is 0 Å². The first-order chi connectivity index (χ1) is 9.20. The van der Waals surface area contributed by atoms with E-state index in [4.69, 9.17) is 5.73 Å². The predicted octanol–water partition coefficient (Wildman–Crippen LogP) is 0.276. The molecule has 0 saturated heterocycles. The van der Waals surface area contributed by atoms with Crippen molar-refractivity contribution in [2.45, 2.75) is 51.0 Å². The minimum atomic E-state index is -0.193. The fraction of sp³-hybridized carbons (Fsp3) is 0.769. The highest BCUT2D eigenvalue weighted by molar-refractivity contribution is 6.39. The van der Waals surface area contributed by atoms with Gasteiger partial charge in [-0.3, -0.25) is 9.59 Å². The van der Waals surface area contributed by atoms with E-state index >= 15 is 0 Å². The van der Waals surface area contributed by atoms with Crippen LogP contribution in [0.3, 0.4) is 0 Å². The Kier molecular flexibility index (Phi) is 4.90. The molecule has 2 rings (SSSR count). The normalized spacial score (nSPS) is 22.4. The number of hydrazone groups is 1. The standard InChI is InChI=1S/C13H22N4O2/c14-8-11(9-4-2-1-3-5-9)15-13(19)10-6-7-12(18)17-16-10/h9,11H,1-8,14H2,(H,15,19)(H,17,18). The van der Waals surface area contributed by atoms with Gasteiger partial charge in [-0.25, -0.2) is 5.43 Å². The zero-order valence-corrected chi connectivity index (χ0v) is 11.2. The third kappa shape index (κ3) is 3.76. The smallest absolute Gasteiger partial charge is 0.267 e. The number of hydrogen-bond donors (Lipinski definition) is 3. The molecule has 1 unspecified atom stereocenters. The number of nitrogens with one attached hydrogen (secondary N) is 2. The van der Waals surface area contributed by atoms with Gasteiger partial charge in [0.2, 0.25) is 5.91 Å².